The third-order valence-electron chi connectivity index (χ3n) is 6.33. The Balaban J connectivity index is 1.36. The van der Waals surface area contributed by atoms with Crippen LogP contribution in [-0.4, -0.2) is 52.5 Å². The number of carbonyl (C=O) groups is 2. The molecule has 186 valence electrons. The Kier molecular flexibility index (Phi) is 6.84. The second kappa shape index (κ2) is 10.2. The first-order chi connectivity index (χ1) is 17.5. The zero-order valence-electron chi connectivity index (χ0n) is 20.5. The molecular weight excluding hydrogens is 476 g/mol. The van der Waals surface area contributed by atoms with E-state index in [1.54, 1.807) is 6.92 Å². The van der Waals surface area contributed by atoms with E-state index in [1.165, 1.54) is 11.3 Å². The van der Waals surface area contributed by atoms with Gasteiger partial charge in [-0.05, 0) is 44.7 Å². The summed E-state index contributed by atoms with van der Waals surface area (Å²) in [4.78, 5) is 37.9. The molecule has 36 heavy (non-hydrogen) atoms. The van der Waals surface area contributed by atoms with Crippen molar-refractivity contribution in [3.8, 4) is 5.75 Å². The second-order valence-electron chi connectivity index (χ2n) is 8.67. The fraction of sp³-hybridized carbons (Fsp3) is 0.333. The number of nitrogens with zero attached hydrogens (tertiary/aromatic N) is 3. The highest BCUT2D eigenvalue weighted by molar-refractivity contribution is 7.22. The molecule has 0 saturated heterocycles. The number of amides is 1. The van der Waals surface area contributed by atoms with E-state index < -0.39 is 18.0 Å². The molecule has 2 aromatic heterocycles. The van der Waals surface area contributed by atoms with Gasteiger partial charge in [0, 0.05) is 36.2 Å². The van der Waals surface area contributed by atoms with Crippen LogP contribution in [0.1, 0.15) is 42.4 Å². The van der Waals surface area contributed by atoms with Crippen molar-refractivity contribution in [2.45, 2.75) is 39.8 Å². The summed E-state index contributed by atoms with van der Waals surface area (Å²) >= 11 is 1.34. The molecule has 9 heteroatoms. The third kappa shape index (κ3) is 4.76. The summed E-state index contributed by atoms with van der Waals surface area (Å²) in [5, 5.41) is 3.97. The Labute approximate surface area is 213 Å². The van der Waals surface area contributed by atoms with Gasteiger partial charge >= 0.3 is 5.97 Å². The molecule has 5 rings (SSSR count). The number of rotatable bonds is 7. The number of ether oxygens (including phenoxy) is 2. The maximum absolute atomic E-state index is 13.5. The Morgan fingerprint density at radius 2 is 1.97 bits per heavy atom. The van der Waals surface area contributed by atoms with Crippen molar-refractivity contribution in [3.63, 3.8) is 0 Å². The summed E-state index contributed by atoms with van der Waals surface area (Å²) < 4.78 is 12.1. The van der Waals surface area contributed by atoms with Crippen LogP contribution in [0.3, 0.4) is 0 Å². The summed E-state index contributed by atoms with van der Waals surface area (Å²) in [6, 6.07) is 13.2. The molecule has 0 spiro atoms. The van der Waals surface area contributed by atoms with Gasteiger partial charge in [0.15, 0.2) is 11.2 Å². The number of hydrogen-bond acceptors (Lipinski definition) is 8. The third-order valence-corrected chi connectivity index (χ3v) is 7.26. The smallest absolute Gasteiger partial charge is 0.339 e. The number of anilines is 1. The van der Waals surface area contributed by atoms with E-state index in [4.69, 9.17) is 14.5 Å². The van der Waals surface area contributed by atoms with Gasteiger partial charge in [0.05, 0.1) is 27.9 Å². The van der Waals surface area contributed by atoms with E-state index in [2.05, 4.69) is 22.1 Å². The average molecular weight is 505 g/mol. The lowest BCUT2D eigenvalue weighted by atomic mass is 9.95. The minimum absolute atomic E-state index is 0.435. The molecule has 1 unspecified atom stereocenters. The minimum atomic E-state index is -1.00. The molecule has 1 atom stereocenters. The largest absolute Gasteiger partial charge is 0.494 e. The number of aromatic nitrogens is 2. The summed E-state index contributed by atoms with van der Waals surface area (Å²) in [6.45, 7) is 8.58. The van der Waals surface area contributed by atoms with E-state index in [-0.39, 0.29) is 0 Å². The minimum Gasteiger partial charge on any atom is -0.494 e. The Hall–Kier alpha value is -3.56. The molecule has 0 radical (unpaired) electrons. The molecule has 1 aliphatic rings. The first-order valence-electron chi connectivity index (χ1n) is 12.1. The molecule has 0 aliphatic carbocycles. The van der Waals surface area contributed by atoms with Gasteiger partial charge < -0.3 is 9.47 Å². The van der Waals surface area contributed by atoms with E-state index in [1.807, 2.05) is 49.4 Å². The van der Waals surface area contributed by atoms with Crippen molar-refractivity contribution in [1.29, 1.82) is 0 Å². The number of nitrogens with one attached hydrogen (secondary N) is 1. The molecule has 0 saturated carbocycles. The van der Waals surface area contributed by atoms with Crippen molar-refractivity contribution in [2.24, 2.45) is 0 Å². The van der Waals surface area contributed by atoms with Gasteiger partial charge in [-0.1, -0.05) is 36.5 Å². The second-order valence-corrected chi connectivity index (χ2v) is 9.70. The van der Waals surface area contributed by atoms with Crippen molar-refractivity contribution in [2.75, 3.05) is 25.0 Å². The molecule has 0 fully saturated rings. The molecule has 8 nitrogen and oxygen atoms in total. The molecular formula is C27H28N4O4S. The molecule has 4 aromatic rings. The lowest BCUT2D eigenvalue weighted by Gasteiger charge is -2.29. The van der Waals surface area contributed by atoms with E-state index in [0.717, 1.165) is 57.6 Å². The number of benzene rings is 2. The molecule has 1 aliphatic heterocycles. The summed E-state index contributed by atoms with van der Waals surface area (Å²) in [5.74, 6) is -0.200. The fourth-order valence-electron chi connectivity index (χ4n) is 4.44. The number of carbonyl (C=O) groups excluding carboxylic acids is 2. The highest BCUT2D eigenvalue weighted by Gasteiger charge is 2.28. The SMILES string of the molecule is CCOc1ccc2nc(NC(=O)C(C)OC(=O)c3c4c(nc5ccccc35)CCN(CC)C4)sc2c1. The summed E-state index contributed by atoms with van der Waals surface area (Å²) in [6.07, 6.45) is -0.232. The zero-order chi connectivity index (χ0) is 25.2. The van der Waals surface area contributed by atoms with Gasteiger partial charge in [0.25, 0.3) is 5.91 Å². The molecule has 3 heterocycles. The van der Waals surface area contributed by atoms with Crippen LogP contribution in [-0.2, 0) is 22.5 Å². The number of pyridine rings is 1. The predicted octanol–water partition coefficient (Wildman–Crippen LogP) is 4.81. The molecule has 1 amide bonds. The van der Waals surface area contributed by atoms with Crippen LogP contribution in [0.25, 0.3) is 21.1 Å². The van der Waals surface area contributed by atoms with Crippen molar-refractivity contribution < 1.29 is 19.1 Å². The Morgan fingerprint density at radius 3 is 2.78 bits per heavy atom. The average Bonchev–Trinajstić information content (AvgIpc) is 3.28. The lowest BCUT2D eigenvalue weighted by Crippen LogP contribution is -2.34. The van der Waals surface area contributed by atoms with Gasteiger partial charge in [0.2, 0.25) is 0 Å². The number of likely N-dealkylation sites (N-methyl/N-ethyl adjacent to an activating group) is 1. The predicted molar refractivity (Wildman–Crippen MR) is 141 cm³/mol. The van der Waals surface area contributed by atoms with Crippen LogP contribution < -0.4 is 10.1 Å². The highest BCUT2D eigenvalue weighted by atomic mass is 32.1. The standard InChI is InChI=1S/C27H28N4O4S/c1-4-31-13-12-21-19(15-31)24(18-8-6-7-9-20(18)28-21)26(33)35-16(3)25(32)30-27-29-22-11-10-17(34-5-2)14-23(22)36-27/h6-11,14,16H,4-5,12-13,15H2,1-3H3,(H,29,30,32). The van der Waals surface area contributed by atoms with Crippen molar-refractivity contribution in [3.05, 3.63) is 59.3 Å². The Morgan fingerprint density at radius 1 is 1.14 bits per heavy atom. The number of esters is 1. The monoisotopic (exact) mass is 504 g/mol. The molecule has 0 bridgehead atoms. The molecule has 2 aromatic carbocycles. The van der Waals surface area contributed by atoms with E-state index >= 15 is 0 Å². The first kappa shape index (κ1) is 24.1. The normalized spacial score (nSPS) is 14.4. The maximum Gasteiger partial charge on any atom is 0.339 e. The van der Waals surface area contributed by atoms with Crippen molar-refractivity contribution >= 4 is 49.5 Å². The quantitative estimate of drug-likeness (QED) is 0.361. The highest BCUT2D eigenvalue weighted by Crippen LogP contribution is 2.31. The van der Waals surface area contributed by atoms with Gasteiger partial charge in [-0.2, -0.15) is 0 Å². The van der Waals surface area contributed by atoms with Crippen molar-refractivity contribution in [1.82, 2.24) is 14.9 Å². The van der Waals surface area contributed by atoms with Crippen LogP contribution >= 0.6 is 11.3 Å². The summed E-state index contributed by atoms with van der Waals surface area (Å²) in [7, 11) is 0. The fourth-order valence-corrected chi connectivity index (χ4v) is 5.34. The van der Waals surface area contributed by atoms with Crippen LogP contribution in [0.15, 0.2) is 42.5 Å². The lowest BCUT2D eigenvalue weighted by molar-refractivity contribution is -0.123. The maximum atomic E-state index is 13.5. The van der Waals surface area contributed by atoms with Crippen LogP contribution in [0.4, 0.5) is 5.13 Å². The van der Waals surface area contributed by atoms with Gasteiger partial charge in [-0.15, -0.1) is 0 Å². The number of thiazole rings is 1. The van der Waals surface area contributed by atoms with E-state index in [0.29, 0.717) is 23.8 Å². The van der Waals surface area contributed by atoms with Crippen LogP contribution in [0.5, 0.6) is 5.75 Å². The summed E-state index contributed by atoms with van der Waals surface area (Å²) in [5.41, 5.74) is 3.82. The van der Waals surface area contributed by atoms with Gasteiger partial charge in [-0.3, -0.25) is 20.0 Å². The van der Waals surface area contributed by atoms with Gasteiger partial charge in [0.1, 0.15) is 5.75 Å². The Bertz CT molecular complexity index is 1450. The number of hydrogen-bond donors (Lipinski definition) is 1. The molecule has 1 N–H and O–H groups in total. The zero-order valence-corrected chi connectivity index (χ0v) is 21.4. The van der Waals surface area contributed by atoms with Gasteiger partial charge in [-0.25, -0.2) is 9.78 Å². The number of para-hydroxylation sites is 1. The number of fused-ring (bicyclic) bond motifs is 3. The van der Waals surface area contributed by atoms with Crippen LogP contribution in [0, 0.1) is 0 Å². The topological polar surface area (TPSA) is 93.7 Å². The van der Waals surface area contributed by atoms with E-state index in [9.17, 15) is 9.59 Å². The first-order valence-corrected chi connectivity index (χ1v) is 13.0. The van der Waals surface area contributed by atoms with Crippen LogP contribution in [0.2, 0.25) is 0 Å².